The second kappa shape index (κ2) is 32.4. The number of rotatable bonds is 16. The van der Waals surface area contributed by atoms with Crippen molar-refractivity contribution >= 4 is 65.8 Å². The van der Waals surface area contributed by atoms with E-state index in [0.717, 1.165) is 44.5 Å². The molecule has 2 aliphatic heterocycles. The van der Waals surface area contributed by atoms with Crippen LogP contribution in [0.4, 0.5) is 5.69 Å². The highest BCUT2D eigenvalue weighted by atomic mass is 32.2. The fourth-order valence-electron chi connectivity index (χ4n) is 12.0. The summed E-state index contributed by atoms with van der Waals surface area (Å²) in [6.07, 6.45) is 0.652. The molecule has 7 aromatic carbocycles. The van der Waals surface area contributed by atoms with Gasteiger partial charge in [-0.2, -0.15) is 25.8 Å². The SMILES string of the molecule is Cc1ccc(S(=O)(=O)N2CCCN(S(=O)(=O)c3ccc(C)cc3)CCN(S(=O)(=O)c3ccc(C)cc3)CCCN(Cc3cc(N)cc(CN4CCCN(S(=O)(=O)c5ccc(C)cc5)CCN(S(=O)(=O)c5ccc(C)cc5)CCCN(S(=O)(=O)c5ccc(C)cc5)CC4)c3)CC2)cc1. The van der Waals surface area contributed by atoms with Gasteiger partial charge in [0.05, 0.1) is 29.4 Å². The van der Waals surface area contributed by atoms with Crippen LogP contribution in [-0.2, 0) is 73.2 Å². The van der Waals surface area contributed by atoms with E-state index in [0.29, 0.717) is 5.69 Å². The van der Waals surface area contributed by atoms with Crippen molar-refractivity contribution in [2.45, 2.75) is 110 Å². The van der Waals surface area contributed by atoms with Crippen LogP contribution in [0.3, 0.4) is 0 Å². The van der Waals surface area contributed by atoms with Gasteiger partial charge in [0.25, 0.3) is 0 Å². The quantitative estimate of drug-likeness (QED) is 0.0890. The molecule has 0 radical (unpaired) electrons. The maximum Gasteiger partial charge on any atom is 0.243 e. The lowest BCUT2D eigenvalue weighted by molar-refractivity contribution is 0.221. The molecule has 0 bridgehead atoms. The van der Waals surface area contributed by atoms with Gasteiger partial charge < -0.3 is 5.73 Å². The molecule has 0 unspecified atom stereocenters. The summed E-state index contributed by atoms with van der Waals surface area (Å²) >= 11 is 0. The highest BCUT2D eigenvalue weighted by Gasteiger charge is 2.34. The molecule has 2 fully saturated rings. The van der Waals surface area contributed by atoms with Crippen molar-refractivity contribution < 1.29 is 50.5 Å². The van der Waals surface area contributed by atoms with Crippen LogP contribution in [-0.4, -0.2) is 191 Å². The highest BCUT2D eigenvalue weighted by Crippen LogP contribution is 2.27. The zero-order valence-corrected chi connectivity index (χ0v) is 61.0. The average Bonchev–Trinajstić information content (AvgIpc) is 0.831. The van der Waals surface area contributed by atoms with Crippen molar-refractivity contribution in [3.05, 3.63) is 208 Å². The Morgan fingerprint density at radius 1 is 0.247 bits per heavy atom. The van der Waals surface area contributed by atoms with Crippen LogP contribution in [0.2, 0.25) is 0 Å². The Morgan fingerprint density at radius 3 is 0.619 bits per heavy atom. The number of anilines is 1. The number of aryl methyl sites for hydroxylation is 6. The highest BCUT2D eigenvalue weighted by molar-refractivity contribution is 7.90. The molecule has 2 N–H and O–H groups in total. The van der Waals surface area contributed by atoms with Gasteiger partial charge in [0, 0.05) is 110 Å². The molecule has 0 atom stereocenters. The van der Waals surface area contributed by atoms with Crippen molar-refractivity contribution in [3.63, 3.8) is 0 Å². The standard InChI is InChI=1S/C70H91N9O12S6/c1-56-11-23-65(24-12-56)92(80,81)74-39-9-41-78(96(88,89)69-31-19-60(5)20-32-69)49-47-76(94(84,85)67-27-15-58(3)16-28-67)37-7-35-72(43-45-74)54-62-51-63(53-64(71)52-62)55-73-36-8-38-77(95(86,87)68-29-17-59(4)18-30-68)48-50-79(97(90,91)70-33-21-61(6)22-34-70)42-10-40-75(46-44-73)93(82,83)66-25-13-57(2)14-26-66/h11-34,51-53H,7-10,35-50,54-55,71H2,1-6H3. The number of hydrogen-bond acceptors (Lipinski definition) is 15. The largest absolute Gasteiger partial charge is 0.399 e. The third-order valence-corrected chi connectivity index (χ3v) is 29.2. The predicted octanol–water partition coefficient (Wildman–Crippen LogP) is 8.46. The second-order valence-electron chi connectivity index (χ2n) is 25.4. The van der Waals surface area contributed by atoms with Crippen molar-refractivity contribution in [2.75, 3.05) is 110 Å². The first-order valence-corrected chi connectivity index (χ1v) is 41.3. The first kappa shape index (κ1) is 74.9. The van der Waals surface area contributed by atoms with Crippen molar-refractivity contribution in [2.24, 2.45) is 0 Å². The third-order valence-electron chi connectivity index (χ3n) is 17.8. The van der Waals surface area contributed by atoms with Gasteiger partial charge in [-0.15, -0.1) is 0 Å². The summed E-state index contributed by atoms with van der Waals surface area (Å²) in [6.45, 7) is 11.2. The lowest BCUT2D eigenvalue weighted by Crippen LogP contribution is -2.45. The molecule has 524 valence electrons. The summed E-state index contributed by atoms with van der Waals surface area (Å²) in [6, 6.07) is 44.5. The Balaban J connectivity index is 1.03. The average molecular weight is 1440 g/mol. The topological polar surface area (TPSA) is 257 Å². The Morgan fingerprint density at radius 2 is 0.423 bits per heavy atom. The molecule has 2 saturated heterocycles. The molecule has 97 heavy (non-hydrogen) atoms. The number of nitrogen functional groups attached to an aromatic ring is 1. The number of nitrogens with zero attached hydrogens (tertiary/aromatic N) is 8. The third kappa shape index (κ3) is 19.2. The van der Waals surface area contributed by atoms with Crippen LogP contribution in [0.25, 0.3) is 0 Å². The van der Waals surface area contributed by atoms with Gasteiger partial charge in [-0.05, 0) is 176 Å². The fourth-order valence-corrected chi connectivity index (χ4v) is 20.9. The number of hydrogen-bond donors (Lipinski definition) is 1. The van der Waals surface area contributed by atoms with Crippen LogP contribution in [0, 0.1) is 41.5 Å². The lowest BCUT2D eigenvalue weighted by atomic mass is 10.1. The summed E-state index contributed by atoms with van der Waals surface area (Å²) in [5.41, 5.74) is 13.8. The first-order valence-electron chi connectivity index (χ1n) is 32.7. The van der Waals surface area contributed by atoms with Crippen LogP contribution in [0.1, 0.15) is 70.2 Å². The summed E-state index contributed by atoms with van der Waals surface area (Å²) in [4.78, 5) is 4.43. The summed E-state index contributed by atoms with van der Waals surface area (Å²) in [5, 5.41) is 0. The molecular formula is C70H91N9O12S6. The van der Waals surface area contributed by atoms with Crippen LogP contribution >= 0.6 is 0 Å². The van der Waals surface area contributed by atoms with Crippen LogP contribution in [0.15, 0.2) is 193 Å². The molecule has 0 saturated carbocycles. The molecule has 0 aromatic heterocycles. The van der Waals surface area contributed by atoms with E-state index in [1.54, 1.807) is 97.1 Å². The Hall–Kier alpha value is -6.28. The number of benzene rings is 7. The first-order chi connectivity index (χ1) is 45.9. The minimum absolute atomic E-state index is 0.0150. The minimum atomic E-state index is -4.20. The zero-order chi connectivity index (χ0) is 69.9. The van der Waals surface area contributed by atoms with Gasteiger partial charge >= 0.3 is 0 Å². The smallest absolute Gasteiger partial charge is 0.243 e. The molecule has 27 heteroatoms. The fraction of sp³-hybridized carbons (Fsp3) is 0.400. The van der Waals surface area contributed by atoms with Crippen molar-refractivity contribution in [1.82, 2.24) is 35.6 Å². The molecule has 0 aliphatic carbocycles. The molecule has 0 spiro atoms. The van der Waals surface area contributed by atoms with Gasteiger partial charge in [-0.3, -0.25) is 9.80 Å². The Labute approximate surface area is 576 Å². The minimum Gasteiger partial charge on any atom is -0.399 e. The van der Waals surface area contributed by atoms with Gasteiger partial charge in [0.2, 0.25) is 60.1 Å². The van der Waals surface area contributed by atoms with E-state index in [1.807, 2.05) is 59.7 Å². The molecule has 21 nitrogen and oxygen atoms in total. The van der Waals surface area contributed by atoms with E-state index in [1.165, 1.54) is 74.4 Å². The zero-order valence-electron chi connectivity index (χ0n) is 56.1. The van der Waals surface area contributed by atoms with Gasteiger partial charge in [0.15, 0.2) is 0 Å². The van der Waals surface area contributed by atoms with E-state index in [9.17, 15) is 50.5 Å². The van der Waals surface area contributed by atoms with E-state index < -0.39 is 60.1 Å². The molecular weight excluding hydrogens is 1350 g/mol. The van der Waals surface area contributed by atoms with Gasteiger partial charge in [-0.1, -0.05) is 112 Å². The normalized spacial score (nSPS) is 18.1. The second-order valence-corrected chi connectivity index (χ2v) is 37.0. The lowest BCUT2D eigenvalue weighted by Gasteiger charge is -2.32. The number of nitrogens with two attached hydrogens (primary N) is 1. The van der Waals surface area contributed by atoms with Gasteiger partial charge in [-0.25, -0.2) is 50.5 Å². The molecule has 2 aliphatic rings. The monoisotopic (exact) mass is 1440 g/mol. The van der Waals surface area contributed by atoms with Crippen LogP contribution < -0.4 is 5.73 Å². The van der Waals surface area contributed by atoms with E-state index in [4.69, 9.17) is 5.73 Å². The summed E-state index contributed by atoms with van der Waals surface area (Å²) < 4.78 is 184. The van der Waals surface area contributed by atoms with E-state index in [2.05, 4.69) is 9.80 Å². The Bertz CT molecular complexity index is 4230. The number of sulfonamides is 6. The van der Waals surface area contributed by atoms with Crippen molar-refractivity contribution in [1.29, 1.82) is 0 Å². The maximum absolute atomic E-state index is 14.8. The predicted molar refractivity (Wildman–Crippen MR) is 380 cm³/mol. The molecule has 2 heterocycles. The Kier molecular flexibility index (Phi) is 25.0. The molecule has 0 amide bonds. The summed E-state index contributed by atoms with van der Waals surface area (Å²) in [7, 11) is -25.1. The molecule has 9 rings (SSSR count). The van der Waals surface area contributed by atoms with Gasteiger partial charge in [0.1, 0.15) is 0 Å². The van der Waals surface area contributed by atoms with Crippen molar-refractivity contribution in [3.8, 4) is 0 Å². The molecule has 7 aromatic rings. The van der Waals surface area contributed by atoms with E-state index in [-0.39, 0.29) is 173 Å². The maximum atomic E-state index is 14.8. The van der Waals surface area contributed by atoms with E-state index >= 15 is 0 Å². The summed E-state index contributed by atoms with van der Waals surface area (Å²) in [5.74, 6) is 0. The van der Waals surface area contributed by atoms with Crippen LogP contribution in [0.5, 0.6) is 0 Å².